The van der Waals surface area contributed by atoms with E-state index >= 15 is 0 Å². The lowest BCUT2D eigenvalue weighted by atomic mass is 10.1. The first kappa shape index (κ1) is 42.0. The van der Waals surface area contributed by atoms with Crippen molar-refractivity contribution in [3.05, 3.63) is 163 Å². The number of anilines is 2. The van der Waals surface area contributed by atoms with Gasteiger partial charge in [0, 0.05) is 32.4 Å². The lowest BCUT2D eigenvalue weighted by Gasteiger charge is -2.11. The summed E-state index contributed by atoms with van der Waals surface area (Å²) in [6.45, 7) is 20.1. The van der Waals surface area contributed by atoms with Gasteiger partial charge in [0.15, 0.2) is 0 Å². The van der Waals surface area contributed by atoms with E-state index in [9.17, 15) is 4.79 Å². The van der Waals surface area contributed by atoms with Gasteiger partial charge >= 0.3 is 0 Å². The number of rotatable bonds is 2. The van der Waals surface area contributed by atoms with Crippen molar-refractivity contribution in [2.45, 2.75) is 69.2 Å². The Labute approximate surface area is 301 Å². The van der Waals surface area contributed by atoms with Crippen LogP contribution in [0, 0.1) is 62.3 Å². The van der Waals surface area contributed by atoms with E-state index in [1.54, 1.807) is 6.07 Å². The van der Waals surface area contributed by atoms with Gasteiger partial charge in [-0.1, -0.05) is 129 Å². The Bertz CT molecular complexity index is 1620. The topological polar surface area (TPSA) is 32.3 Å². The van der Waals surface area contributed by atoms with Gasteiger partial charge in [-0.2, -0.15) is 0 Å². The Morgan fingerprint density at radius 3 is 1.23 bits per heavy atom. The molecule has 256 valence electrons. The number of aryl methyl sites for hydroxylation is 9. The second-order valence-corrected chi connectivity index (χ2v) is 13.3. The number of amides is 1. The number of benzene rings is 5. The molecule has 1 amide bonds. The standard InChI is InChI=1S/C10H13NO.C9H13N.C9H12.C8H10.C7H6Cl2/c1-7-4-5-8(2)10(6-7)11-9(3)12;1-8-4-6-9(7-5-8)10(2)3;1-7-4-8(2)6-9(3)5-7;1-7-3-5-8(2)6-4-7;1-5-2-3-6(8)7(9)4-5/h4-6H,1-3H3,(H,11,12);4-7H,1-3H3;4-6H,1-3H3;3-6H,1-2H3;2-4H,1H3. The summed E-state index contributed by atoms with van der Waals surface area (Å²) in [4.78, 5) is 12.9. The zero-order valence-electron chi connectivity index (χ0n) is 30.9. The highest BCUT2D eigenvalue weighted by Crippen LogP contribution is 2.21. The molecule has 0 bridgehead atoms. The molecule has 5 aromatic rings. The molecular weight excluding hydrogens is 631 g/mol. The smallest absolute Gasteiger partial charge is 0.221 e. The van der Waals surface area contributed by atoms with E-state index in [0.29, 0.717) is 10.0 Å². The Hall–Kier alpha value is -4.05. The van der Waals surface area contributed by atoms with Crippen LogP contribution in [0.2, 0.25) is 10.0 Å². The summed E-state index contributed by atoms with van der Waals surface area (Å²) < 4.78 is 0. The predicted molar refractivity (Wildman–Crippen MR) is 213 cm³/mol. The zero-order valence-corrected chi connectivity index (χ0v) is 32.4. The molecule has 0 fully saturated rings. The molecule has 5 rings (SSSR count). The van der Waals surface area contributed by atoms with E-state index in [1.807, 2.05) is 65.2 Å². The minimum atomic E-state index is -0.0244. The third-order valence-electron chi connectivity index (χ3n) is 6.91. The van der Waals surface area contributed by atoms with E-state index in [1.165, 1.54) is 46.0 Å². The maximum Gasteiger partial charge on any atom is 0.221 e. The highest BCUT2D eigenvalue weighted by Gasteiger charge is 1.99. The molecule has 0 heterocycles. The molecule has 0 aromatic heterocycles. The molecule has 0 radical (unpaired) electrons. The van der Waals surface area contributed by atoms with Crippen molar-refractivity contribution in [2.75, 3.05) is 24.3 Å². The fourth-order valence-corrected chi connectivity index (χ4v) is 4.70. The Balaban J connectivity index is 0.000000302. The number of halogens is 2. The maximum absolute atomic E-state index is 10.8. The van der Waals surface area contributed by atoms with Gasteiger partial charge in [0.25, 0.3) is 0 Å². The molecule has 0 atom stereocenters. The SMILES string of the molecule is CC(=O)Nc1cc(C)ccc1C.Cc1cc(C)cc(C)c1.Cc1ccc(C)cc1.Cc1ccc(Cl)c(Cl)c1.Cc1ccc(N(C)C)cc1. The maximum atomic E-state index is 10.8. The fourth-order valence-electron chi connectivity index (χ4n) is 4.34. The largest absolute Gasteiger partial charge is 0.378 e. The summed E-state index contributed by atoms with van der Waals surface area (Å²) >= 11 is 11.3. The fraction of sp³-hybridized carbons (Fsp3) is 0.279. The molecule has 0 aliphatic carbocycles. The molecule has 48 heavy (non-hydrogen) atoms. The molecule has 0 aliphatic rings. The van der Waals surface area contributed by atoms with Crippen LogP contribution in [-0.2, 0) is 4.79 Å². The summed E-state index contributed by atoms with van der Waals surface area (Å²) in [6.07, 6.45) is 0. The molecule has 3 nitrogen and oxygen atoms in total. The first-order valence-electron chi connectivity index (χ1n) is 16.1. The van der Waals surface area contributed by atoms with E-state index in [0.717, 1.165) is 22.4 Å². The molecule has 5 heteroatoms. The minimum absolute atomic E-state index is 0.0244. The van der Waals surface area contributed by atoms with E-state index in [4.69, 9.17) is 23.2 Å². The number of carbonyl (C=O) groups excluding carboxylic acids is 1. The lowest BCUT2D eigenvalue weighted by molar-refractivity contribution is -0.114. The number of hydrogen-bond donors (Lipinski definition) is 1. The van der Waals surface area contributed by atoms with Crippen molar-refractivity contribution in [2.24, 2.45) is 0 Å². The van der Waals surface area contributed by atoms with Gasteiger partial charge in [0.05, 0.1) is 10.0 Å². The quantitative estimate of drug-likeness (QED) is 0.201. The monoisotopic (exact) mass is 684 g/mol. The van der Waals surface area contributed by atoms with Crippen LogP contribution in [0.4, 0.5) is 11.4 Å². The van der Waals surface area contributed by atoms with Crippen molar-refractivity contribution < 1.29 is 4.79 Å². The molecule has 0 saturated heterocycles. The van der Waals surface area contributed by atoms with Crippen LogP contribution in [0.3, 0.4) is 0 Å². The number of carbonyl (C=O) groups is 1. The van der Waals surface area contributed by atoms with E-state index < -0.39 is 0 Å². The third kappa shape index (κ3) is 18.3. The molecule has 0 spiro atoms. The van der Waals surface area contributed by atoms with Crippen LogP contribution in [-0.4, -0.2) is 20.0 Å². The average Bonchev–Trinajstić information content (AvgIpc) is 2.99. The average molecular weight is 686 g/mol. The van der Waals surface area contributed by atoms with Gasteiger partial charge in [-0.05, 0) is 109 Å². The Morgan fingerprint density at radius 2 is 0.854 bits per heavy atom. The summed E-state index contributed by atoms with van der Waals surface area (Å²) in [6, 6.07) is 35.1. The van der Waals surface area contributed by atoms with E-state index in [-0.39, 0.29) is 5.91 Å². The molecule has 0 unspecified atom stereocenters. The van der Waals surface area contributed by atoms with Gasteiger partial charge < -0.3 is 10.2 Å². The number of hydrogen-bond acceptors (Lipinski definition) is 2. The van der Waals surface area contributed by atoms with Gasteiger partial charge in [-0.3, -0.25) is 4.79 Å². The first-order valence-corrected chi connectivity index (χ1v) is 16.8. The first-order chi connectivity index (χ1) is 22.5. The van der Waals surface area contributed by atoms with Gasteiger partial charge in [-0.25, -0.2) is 0 Å². The lowest BCUT2D eigenvalue weighted by Crippen LogP contribution is -2.07. The van der Waals surface area contributed by atoms with E-state index in [2.05, 4.69) is 118 Å². The van der Waals surface area contributed by atoms with Crippen molar-refractivity contribution in [1.29, 1.82) is 0 Å². The second-order valence-electron chi connectivity index (χ2n) is 12.5. The molecule has 0 saturated carbocycles. The Morgan fingerprint density at radius 1 is 0.479 bits per heavy atom. The summed E-state index contributed by atoms with van der Waals surface area (Å²) in [5.41, 5.74) is 13.6. The van der Waals surface area contributed by atoms with Crippen LogP contribution in [0.25, 0.3) is 0 Å². The van der Waals surface area contributed by atoms with Crippen LogP contribution in [0.5, 0.6) is 0 Å². The van der Waals surface area contributed by atoms with Crippen LogP contribution >= 0.6 is 23.2 Å². The molecule has 5 aromatic carbocycles. The van der Waals surface area contributed by atoms with Gasteiger partial charge in [0.2, 0.25) is 5.91 Å². The molecular formula is C43H54Cl2N2O. The Kier molecular flexibility index (Phi) is 19.0. The van der Waals surface area contributed by atoms with Gasteiger partial charge in [0.1, 0.15) is 0 Å². The van der Waals surface area contributed by atoms with Crippen LogP contribution < -0.4 is 10.2 Å². The molecule has 0 aliphatic heterocycles. The third-order valence-corrected chi connectivity index (χ3v) is 7.65. The minimum Gasteiger partial charge on any atom is -0.378 e. The van der Waals surface area contributed by atoms with Crippen LogP contribution in [0.1, 0.15) is 57.0 Å². The second kappa shape index (κ2) is 21.8. The zero-order chi connectivity index (χ0) is 36.4. The summed E-state index contributed by atoms with van der Waals surface area (Å²) in [5.74, 6) is -0.0244. The highest BCUT2D eigenvalue weighted by molar-refractivity contribution is 6.42. The van der Waals surface area contributed by atoms with Gasteiger partial charge in [-0.15, -0.1) is 0 Å². The number of nitrogens with one attached hydrogen (secondary N) is 1. The summed E-state index contributed by atoms with van der Waals surface area (Å²) in [5, 5.41) is 4.01. The summed E-state index contributed by atoms with van der Waals surface area (Å²) in [7, 11) is 4.09. The molecule has 1 N–H and O–H groups in total. The highest BCUT2D eigenvalue weighted by atomic mass is 35.5. The van der Waals surface area contributed by atoms with Crippen molar-refractivity contribution in [3.63, 3.8) is 0 Å². The normalized spacial score (nSPS) is 9.54. The number of nitrogens with zero attached hydrogens (tertiary/aromatic N) is 1. The van der Waals surface area contributed by atoms with Crippen LogP contribution in [0.15, 0.2) is 103 Å². The van der Waals surface area contributed by atoms with Crippen molar-refractivity contribution >= 4 is 40.5 Å². The van der Waals surface area contributed by atoms with Crippen molar-refractivity contribution in [3.8, 4) is 0 Å². The van der Waals surface area contributed by atoms with Crippen molar-refractivity contribution in [1.82, 2.24) is 0 Å². The predicted octanol–water partition coefficient (Wildman–Crippen LogP) is 12.5.